The lowest BCUT2D eigenvalue weighted by Gasteiger charge is -2.25. The molecule has 1 unspecified atom stereocenters. The normalized spacial score (nSPS) is 19.1. The Morgan fingerprint density at radius 2 is 2.14 bits per heavy atom. The second-order valence-electron chi connectivity index (χ2n) is 7.20. The molecular formula is C19H19N5O3S. The average Bonchev–Trinajstić information content (AvgIpc) is 3.36. The lowest BCUT2D eigenvalue weighted by molar-refractivity contribution is 0.0719. The molecule has 5 rings (SSSR count). The zero-order valence-electron chi connectivity index (χ0n) is 15.2. The Hall–Kier alpha value is -2.65. The highest BCUT2D eigenvalue weighted by atomic mass is 32.1. The molecule has 1 aromatic carbocycles. The van der Waals surface area contributed by atoms with Crippen molar-refractivity contribution in [3.63, 3.8) is 0 Å². The van der Waals surface area contributed by atoms with Crippen LogP contribution in [0.25, 0.3) is 11.0 Å². The van der Waals surface area contributed by atoms with Gasteiger partial charge in [0.2, 0.25) is 0 Å². The number of fused-ring (bicyclic) bond motifs is 2. The molecule has 144 valence electrons. The minimum atomic E-state index is -0.140. The molecule has 0 spiro atoms. The van der Waals surface area contributed by atoms with Gasteiger partial charge < -0.3 is 9.64 Å². The van der Waals surface area contributed by atoms with Crippen molar-refractivity contribution >= 4 is 28.7 Å². The molecule has 4 heterocycles. The summed E-state index contributed by atoms with van der Waals surface area (Å²) in [7, 11) is 0. The molecule has 9 heteroatoms. The maximum absolute atomic E-state index is 13.1. The maximum atomic E-state index is 13.1. The molecule has 2 aromatic heterocycles. The first-order chi connectivity index (χ1) is 13.7. The van der Waals surface area contributed by atoms with Crippen LogP contribution in [0.5, 0.6) is 0 Å². The van der Waals surface area contributed by atoms with Crippen molar-refractivity contribution < 1.29 is 9.53 Å². The number of rotatable bonds is 3. The van der Waals surface area contributed by atoms with Crippen molar-refractivity contribution in [3.8, 4) is 0 Å². The summed E-state index contributed by atoms with van der Waals surface area (Å²) in [6.07, 6.45) is 2.50. The van der Waals surface area contributed by atoms with Gasteiger partial charge in [-0.05, 0) is 31.0 Å². The van der Waals surface area contributed by atoms with Gasteiger partial charge in [0, 0.05) is 30.2 Å². The standard InChI is InChI=1S/C19H19N5O3S/c25-18-9-13-11-27-7-5-15(13)20-24(18)10-14-2-1-6-23(14)19(26)12-3-4-16-17(8-12)22-28-21-16/h3-4,8-9,14H,1-2,5-7,10-11H2. The van der Waals surface area contributed by atoms with E-state index in [1.54, 1.807) is 18.2 Å². The zero-order valence-corrected chi connectivity index (χ0v) is 16.0. The molecule has 28 heavy (non-hydrogen) atoms. The number of ether oxygens (including phenoxy) is 1. The van der Waals surface area contributed by atoms with Crippen molar-refractivity contribution in [3.05, 3.63) is 51.4 Å². The summed E-state index contributed by atoms with van der Waals surface area (Å²) in [5.41, 5.74) is 3.79. The van der Waals surface area contributed by atoms with Gasteiger partial charge in [0.05, 0.1) is 43.2 Å². The number of amides is 1. The third kappa shape index (κ3) is 3.10. The van der Waals surface area contributed by atoms with E-state index in [-0.39, 0.29) is 17.5 Å². The van der Waals surface area contributed by atoms with Crippen molar-refractivity contribution in [1.82, 2.24) is 23.4 Å². The molecule has 1 amide bonds. The van der Waals surface area contributed by atoms with E-state index in [0.29, 0.717) is 38.3 Å². The Morgan fingerprint density at radius 1 is 1.25 bits per heavy atom. The van der Waals surface area contributed by atoms with Crippen LogP contribution in [-0.4, -0.2) is 48.5 Å². The summed E-state index contributed by atoms with van der Waals surface area (Å²) in [6, 6.07) is 6.99. The largest absolute Gasteiger partial charge is 0.376 e. The van der Waals surface area contributed by atoms with E-state index in [4.69, 9.17) is 4.74 Å². The van der Waals surface area contributed by atoms with Crippen LogP contribution >= 0.6 is 11.7 Å². The fourth-order valence-corrected chi connectivity index (χ4v) is 4.47. The van der Waals surface area contributed by atoms with Gasteiger partial charge in [-0.1, -0.05) is 0 Å². The van der Waals surface area contributed by atoms with Gasteiger partial charge in [-0.15, -0.1) is 0 Å². The zero-order chi connectivity index (χ0) is 19.1. The first-order valence-corrected chi connectivity index (χ1v) is 10.1. The smallest absolute Gasteiger partial charge is 0.267 e. The Labute approximate surface area is 165 Å². The molecule has 2 aliphatic rings. The van der Waals surface area contributed by atoms with Gasteiger partial charge in [0.1, 0.15) is 11.0 Å². The molecular weight excluding hydrogens is 378 g/mol. The summed E-state index contributed by atoms with van der Waals surface area (Å²) in [5.74, 6) is -0.0307. The van der Waals surface area contributed by atoms with Crippen LogP contribution in [0, 0.1) is 0 Å². The number of benzene rings is 1. The summed E-state index contributed by atoms with van der Waals surface area (Å²) in [5, 5.41) is 4.55. The monoisotopic (exact) mass is 397 g/mol. The van der Waals surface area contributed by atoms with E-state index < -0.39 is 0 Å². The summed E-state index contributed by atoms with van der Waals surface area (Å²) < 4.78 is 15.3. The van der Waals surface area contributed by atoms with Gasteiger partial charge >= 0.3 is 0 Å². The minimum Gasteiger partial charge on any atom is -0.376 e. The van der Waals surface area contributed by atoms with Crippen molar-refractivity contribution in [1.29, 1.82) is 0 Å². The molecule has 8 nitrogen and oxygen atoms in total. The summed E-state index contributed by atoms with van der Waals surface area (Å²) >= 11 is 1.14. The SMILES string of the molecule is O=C(c1ccc2nsnc2c1)N1CCCC1Cn1nc2c(cc1=O)COCC2. The van der Waals surface area contributed by atoms with E-state index in [1.165, 1.54) is 4.68 Å². The second kappa shape index (κ2) is 7.06. The minimum absolute atomic E-state index is 0.0307. The first kappa shape index (κ1) is 17.4. The maximum Gasteiger partial charge on any atom is 0.267 e. The van der Waals surface area contributed by atoms with Gasteiger partial charge in [-0.3, -0.25) is 9.59 Å². The van der Waals surface area contributed by atoms with Crippen LogP contribution < -0.4 is 5.56 Å². The number of hydrogen-bond acceptors (Lipinski definition) is 7. The van der Waals surface area contributed by atoms with Crippen LogP contribution in [0.2, 0.25) is 0 Å². The Balaban J connectivity index is 1.39. The third-order valence-corrected chi connectivity index (χ3v) is 5.98. The van der Waals surface area contributed by atoms with Crippen molar-refractivity contribution in [2.75, 3.05) is 13.2 Å². The molecule has 0 saturated carbocycles. The van der Waals surface area contributed by atoms with Crippen LogP contribution in [0.15, 0.2) is 29.1 Å². The highest BCUT2D eigenvalue weighted by Crippen LogP contribution is 2.23. The number of hydrogen-bond donors (Lipinski definition) is 0. The Kier molecular flexibility index (Phi) is 4.40. The number of aromatic nitrogens is 4. The molecule has 0 N–H and O–H groups in total. The molecule has 1 saturated heterocycles. The van der Waals surface area contributed by atoms with Gasteiger partial charge in [-0.25, -0.2) is 4.68 Å². The first-order valence-electron chi connectivity index (χ1n) is 9.40. The molecule has 0 bridgehead atoms. The lowest BCUT2D eigenvalue weighted by atomic mass is 10.1. The summed E-state index contributed by atoms with van der Waals surface area (Å²) in [4.78, 5) is 27.4. The van der Waals surface area contributed by atoms with Crippen LogP contribution in [-0.2, 0) is 24.3 Å². The predicted molar refractivity (Wildman–Crippen MR) is 103 cm³/mol. The van der Waals surface area contributed by atoms with E-state index >= 15 is 0 Å². The predicted octanol–water partition coefficient (Wildman–Crippen LogP) is 1.63. The number of carbonyl (C=O) groups is 1. The van der Waals surface area contributed by atoms with E-state index in [2.05, 4.69) is 13.8 Å². The topological polar surface area (TPSA) is 90.2 Å². The lowest BCUT2D eigenvalue weighted by Crippen LogP contribution is -2.41. The van der Waals surface area contributed by atoms with Gasteiger partial charge in [0.15, 0.2) is 0 Å². The molecule has 3 aromatic rings. The van der Waals surface area contributed by atoms with Crippen molar-refractivity contribution in [2.45, 2.75) is 38.5 Å². The molecule has 0 radical (unpaired) electrons. The molecule has 1 atom stereocenters. The van der Waals surface area contributed by atoms with Crippen molar-refractivity contribution in [2.24, 2.45) is 0 Å². The average molecular weight is 397 g/mol. The highest BCUT2D eigenvalue weighted by molar-refractivity contribution is 7.00. The molecule has 0 aliphatic carbocycles. The van der Waals surface area contributed by atoms with E-state index in [0.717, 1.165) is 46.9 Å². The molecule has 1 fully saturated rings. The van der Waals surface area contributed by atoms with E-state index in [9.17, 15) is 9.59 Å². The number of likely N-dealkylation sites (tertiary alicyclic amines) is 1. The number of nitrogens with zero attached hydrogens (tertiary/aromatic N) is 5. The van der Waals surface area contributed by atoms with Crippen LogP contribution in [0.4, 0.5) is 0 Å². The Bertz CT molecular complexity index is 1110. The Morgan fingerprint density at radius 3 is 3.07 bits per heavy atom. The fraction of sp³-hybridized carbons (Fsp3) is 0.421. The van der Waals surface area contributed by atoms with Gasteiger partial charge in [-0.2, -0.15) is 13.8 Å². The third-order valence-electron chi connectivity index (χ3n) is 5.43. The van der Waals surface area contributed by atoms with E-state index in [1.807, 2.05) is 11.0 Å². The van der Waals surface area contributed by atoms with Crippen LogP contribution in [0.3, 0.4) is 0 Å². The van der Waals surface area contributed by atoms with Crippen LogP contribution in [0.1, 0.15) is 34.5 Å². The number of carbonyl (C=O) groups excluding carboxylic acids is 1. The van der Waals surface area contributed by atoms with Gasteiger partial charge in [0.25, 0.3) is 11.5 Å². The molecule has 2 aliphatic heterocycles. The summed E-state index contributed by atoms with van der Waals surface area (Å²) in [6.45, 7) is 2.17. The fourth-order valence-electron chi connectivity index (χ4n) is 3.96. The highest BCUT2D eigenvalue weighted by Gasteiger charge is 2.30. The second-order valence-corrected chi connectivity index (χ2v) is 7.73. The quantitative estimate of drug-likeness (QED) is 0.667.